The third-order valence-corrected chi connectivity index (χ3v) is 3.99. The highest BCUT2D eigenvalue weighted by Crippen LogP contribution is 2.29. The fraction of sp³-hybridized carbons (Fsp3) is 0.125. The molecule has 1 aromatic heterocycles. The van der Waals surface area contributed by atoms with Crippen LogP contribution in [-0.2, 0) is 12.7 Å². The summed E-state index contributed by atoms with van der Waals surface area (Å²) >= 11 is 11.9. The average molecular weight is 373 g/mol. The first-order chi connectivity index (χ1) is 11.3. The average Bonchev–Trinajstić information content (AvgIpc) is 2.50. The van der Waals surface area contributed by atoms with Crippen molar-refractivity contribution >= 4 is 34.1 Å². The summed E-state index contributed by atoms with van der Waals surface area (Å²) in [5.74, 6) is 0. The summed E-state index contributed by atoms with van der Waals surface area (Å²) < 4.78 is 39.0. The molecule has 0 N–H and O–H groups in total. The van der Waals surface area contributed by atoms with Gasteiger partial charge < -0.3 is 0 Å². The molecule has 2 aromatic carbocycles. The minimum absolute atomic E-state index is 0.0873. The van der Waals surface area contributed by atoms with E-state index in [2.05, 4.69) is 4.98 Å². The summed E-state index contributed by atoms with van der Waals surface area (Å²) in [5, 5.41) is 0.817. The molecule has 8 heteroatoms. The molecule has 3 aromatic rings. The van der Waals surface area contributed by atoms with E-state index in [1.54, 1.807) is 0 Å². The number of aromatic nitrogens is 2. The molecule has 0 aliphatic heterocycles. The molecule has 24 heavy (non-hydrogen) atoms. The molecule has 0 spiro atoms. The highest BCUT2D eigenvalue weighted by Gasteiger charge is 2.29. The van der Waals surface area contributed by atoms with Gasteiger partial charge in [0.25, 0.3) is 5.56 Å². The Morgan fingerprint density at radius 1 is 1.08 bits per heavy atom. The topological polar surface area (TPSA) is 34.9 Å². The molecule has 0 aliphatic carbocycles. The molecule has 0 amide bonds. The zero-order chi connectivity index (χ0) is 17.5. The van der Waals surface area contributed by atoms with Crippen molar-refractivity contribution in [1.29, 1.82) is 0 Å². The van der Waals surface area contributed by atoms with Crippen LogP contribution in [0.5, 0.6) is 0 Å². The van der Waals surface area contributed by atoms with Gasteiger partial charge in [-0.15, -0.1) is 0 Å². The maximum Gasteiger partial charge on any atom is 0.416 e. The fourth-order valence-corrected chi connectivity index (χ4v) is 2.85. The third kappa shape index (κ3) is 3.25. The first-order valence-corrected chi connectivity index (χ1v) is 7.51. The van der Waals surface area contributed by atoms with E-state index in [1.807, 2.05) is 0 Å². The lowest BCUT2D eigenvalue weighted by atomic mass is 10.1. The molecule has 0 unspecified atom stereocenters. The molecule has 3 nitrogen and oxygen atoms in total. The van der Waals surface area contributed by atoms with E-state index in [4.69, 9.17) is 23.2 Å². The van der Waals surface area contributed by atoms with Crippen LogP contribution in [0, 0.1) is 0 Å². The number of hydrogen-bond donors (Lipinski definition) is 0. The number of rotatable bonds is 2. The van der Waals surface area contributed by atoms with Crippen LogP contribution in [0.4, 0.5) is 13.2 Å². The fourth-order valence-electron chi connectivity index (χ4n) is 2.30. The quantitative estimate of drug-likeness (QED) is 0.649. The van der Waals surface area contributed by atoms with Crippen molar-refractivity contribution in [2.75, 3.05) is 0 Å². The molecule has 0 bridgehead atoms. The standard InChI is InChI=1S/C16H9Cl2F3N2O/c17-11-5-12-14(13(18)6-11)22-8-23(15(12)24)7-9-1-3-10(4-2-9)16(19,20)21/h1-6,8H,7H2. The number of halogens is 5. The van der Waals surface area contributed by atoms with Gasteiger partial charge >= 0.3 is 6.18 Å². The number of fused-ring (bicyclic) bond motifs is 1. The molecule has 124 valence electrons. The van der Waals surface area contributed by atoms with Gasteiger partial charge in [0.05, 0.1) is 34.4 Å². The summed E-state index contributed by atoms with van der Waals surface area (Å²) in [6, 6.07) is 7.54. The SMILES string of the molecule is O=c1c2cc(Cl)cc(Cl)c2ncn1Cc1ccc(C(F)(F)F)cc1. The highest BCUT2D eigenvalue weighted by atomic mass is 35.5. The van der Waals surface area contributed by atoms with Gasteiger partial charge in [0.2, 0.25) is 0 Å². The maximum absolute atomic E-state index is 12.6. The van der Waals surface area contributed by atoms with Crippen LogP contribution in [0.2, 0.25) is 10.0 Å². The van der Waals surface area contributed by atoms with Gasteiger partial charge in [0.15, 0.2) is 0 Å². The van der Waals surface area contributed by atoms with E-state index < -0.39 is 11.7 Å². The third-order valence-electron chi connectivity index (χ3n) is 3.48. The number of benzene rings is 2. The van der Waals surface area contributed by atoms with Crippen LogP contribution in [0.1, 0.15) is 11.1 Å². The summed E-state index contributed by atoms with van der Waals surface area (Å²) in [6.45, 7) is 0.0873. The molecule has 0 fully saturated rings. The molecule has 1 heterocycles. The lowest BCUT2D eigenvalue weighted by molar-refractivity contribution is -0.137. The van der Waals surface area contributed by atoms with Crippen molar-refractivity contribution in [1.82, 2.24) is 9.55 Å². The van der Waals surface area contributed by atoms with Crippen molar-refractivity contribution in [2.24, 2.45) is 0 Å². The predicted molar refractivity (Wildman–Crippen MR) is 86.6 cm³/mol. The molecule has 0 radical (unpaired) electrons. The Balaban J connectivity index is 1.99. The Bertz CT molecular complexity index is 966. The van der Waals surface area contributed by atoms with Crippen LogP contribution in [-0.4, -0.2) is 9.55 Å². The first-order valence-electron chi connectivity index (χ1n) is 6.76. The highest BCUT2D eigenvalue weighted by molar-refractivity contribution is 6.38. The van der Waals surface area contributed by atoms with E-state index in [-0.39, 0.29) is 22.5 Å². The monoisotopic (exact) mass is 372 g/mol. The van der Waals surface area contributed by atoms with E-state index >= 15 is 0 Å². The summed E-state index contributed by atoms with van der Waals surface area (Å²) in [5.41, 5.74) is -0.243. The van der Waals surface area contributed by atoms with Gasteiger partial charge in [0.1, 0.15) is 0 Å². The predicted octanol–water partition coefficient (Wildman–Crippen LogP) is 4.77. The molecule has 0 atom stereocenters. The summed E-state index contributed by atoms with van der Waals surface area (Å²) in [7, 11) is 0. The van der Waals surface area contributed by atoms with Crippen LogP contribution < -0.4 is 5.56 Å². The number of hydrogen-bond acceptors (Lipinski definition) is 2. The number of nitrogens with zero attached hydrogens (tertiary/aromatic N) is 2. The van der Waals surface area contributed by atoms with Crippen LogP contribution in [0.3, 0.4) is 0 Å². The molecular weight excluding hydrogens is 364 g/mol. The Hall–Kier alpha value is -2.05. The van der Waals surface area contributed by atoms with Gasteiger partial charge in [-0.1, -0.05) is 35.3 Å². The number of alkyl halides is 3. The Morgan fingerprint density at radius 3 is 2.38 bits per heavy atom. The second-order valence-corrected chi connectivity index (χ2v) is 6.00. The Kier molecular flexibility index (Phi) is 4.27. The van der Waals surface area contributed by atoms with E-state index in [0.29, 0.717) is 16.1 Å². The first kappa shape index (κ1) is 16.8. The van der Waals surface area contributed by atoms with Crippen molar-refractivity contribution in [2.45, 2.75) is 12.7 Å². The zero-order valence-electron chi connectivity index (χ0n) is 11.9. The molecule has 3 rings (SSSR count). The Morgan fingerprint density at radius 2 is 1.75 bits per heavy atom. The summed E-state index contributed by atoms with van der Waals surface area (Å²) in [6.07, 6.45) is -3.09. The second-order valence-electron chi connectivity index (χ2n) is 5.16. The normalized spacial score (nSPS) is 11.9. The molecule has 0 saturated heterocycles. The summed E-state index contributed by atoms with van der Waals surface area (Å²) in [4.78, 5) is 16.6. The van der Waals surface area contributed by atoms with Gasteiger partial charge in [-0.05, 0) is 29.8 Å². The zero-order valence-corrected chi connectivity index (χ0v) is 13.5. The van der Waals surface area contributed by atoms with E-state index in [1.165, 1.54) is 35.2 Å². The minimum atomic E-state index is -4.40. The largest absolute Gasteiger partial charge is 0.416 e. The van der Waals surface area contributed by atoms with Crippen LogP contribution in [0.15, 0.2) is 47.5 Å². The molecule has 0 aliphatic rings. The van der Waals surface area contributed by atoms with Crippen molar-refractivity contribution in [3.8, 4) is 0 Å². The molecular formula is C16H9Cl2F3N2O. The van der Waals surface area contributed by atoms with Crippen molar-refractivity contribution in [3.05, 3.63) is 74.3 Å². The lowest BCUT2D eigenvalue weighted by Gasteiger charge is -2.10. The van der Waals surface area contributed by atoms with E-state index in [0.717, 1.165) is 12.1 Å². The van der Waals surface area contributed by atoms with E-state index in [9.17, 15) is 18.0 Å². The Labute approximate surface area is 144 Å². The smallest absolute Gasteiger partial charge is 0.294 e. The van der Waals surface area contributed by atoms with Crippen molar-refractivity contribution < 1.29 is 13.2 Å². The minimum Gasteiger partial charge on any atom is -0.294 e. The van der Waals surface area contributed by atoms with Gasteiger partial charge in [-0.2, -0.15) is 13.2 Å². The van der Waals surface area contributed by atoms with Gasteiger partial charge in [-0.3, -0.25) is 9.36 Å². The molecule has 0 saturated carbocycles. The maximum atomic E-state index is 12.6. The second kappa shape index (κ2) is 6.11. The van der Waals surface area contributed by atoms with Crippen LogP contribution >= 0.6 is 23.2 Å². The van der Waals surface area contributed by atoms with Crippen molar-refractivity contribution in [3.63, 3.8) is 0 Å². The van der Waals surface area contributed by atoms with Gasteiger partial charge in [-0.25, -0.2) is 4.98 Å². The van der Waals surface area contributed by atoms with Crippen LogP contribution in [0.25, 0.3) is 10.9 Å². The lowest BCUT2D eigenvalue weighted by Crippen LogP contribution is -2.21. The van der Waals surface area contributed by atoms with Gasteiger partial charge in [0, 0.05) is 5.02 Å².